The summed E-state index contributed by atoms with van der Waals surface area (Å²) in [6.07, 6.45) is 0. The molecule has 6 nitrogen and oxygen atoms in total. The van der Waals surface area contributed by atoms with Crippen LogP contribution < -0.4 is 10.0 Å². The summed E-state index contributed by atoms with van der Waals surface area (Å²) in [4.78, 5) is 26.5. The average Bonchev–Trinajstić information content (AvgIpc) is 3.40. The molecule has 0 aliphatic carbocycles. The zero-order valence-electron chi connectivity index (χ0n) is 17.2. The molecule has 3 aromatic rings. The van der Waals surface area contributed by atoms with E-state index in [1.165, 1.54) is 16.8 Å². The van der Waals surface area contributed by atoms with Crippen LogP contribution in [0.15, 0.2) is 112 Å². The predicted molar refractivity (Wildman–Crippen MR) is 129 cm³/mol. The van der Waals surface area contributed by atoms with E-state index in [4.69, 9.17) is 0 Å². The number of ketones is 1. The Hall–Kier alpha value is -3.97. The number of hydrazone groups is 2. The van der Waals surface area contributed by atoms with E-state index in [0.717, 1.165) is 5.69 Å². The Morgan fingerprint density at radius 1 is 0.750 bits per heavy atom. The van der Waals surface area contributed by atoms with Crippen molar-refractivity contribution in [3.8, 4) is 0 Å². The van der Waals surface area contributed by atoms with Crippen LogP contribution in [0.1, 0.15) is 17.3 Å². The van der Waals surface area contributed by atoms with Crippen molar-refractivity contribution in [3.63, 3.8) is 0 Å². The third-order valence-corrected chi connectivity index (χ3v) is 6.07. The van der Waals surface area contributed by atoms with Gasteiger partial charge in [0.05, 0.1) is 22.7 Å². The minimum Gasteiger partial charge on any atom is -0.286 e. The van der Waals surface area contributed by atoms with Crippen LogP contribution in [0.4, 0.5) is 11.4 Å². The van der Waals surface area contributed by atoms with Crippen molar-refractivity contribution in [2.75, 3.05) is 10.0 Å². The number of thioether (sulfide) groups is 1. The van der Waals surface area contributed by atoms with Crippen LogP contribution in [-0.4, -0.2) is 22.4 Å². The summed E-state index contributed by atoms with van der Waals surface area (Å²) in [6, 6.07) is 27.8. The molecule has 0 N–H and O–H groups in total. The van der Waals surface area contributed by atoms with Gasteiger partial charge in [-0.3, -0.25) is 9.59 Å². The minimum absolute atomic E-state index is 0.188. The maximum absolute atomic E-state index is 13.4. The molecule has 7 heteroatoms. The Labute approximate surface area is 189 Å². The molecular weight excluding hydrogens is 420 g/mol. The molecule has 2 heterocycles. The van der Waals surface area contributed by atoms with E-state index in [0.29, 0.717) is 32.6 Å². The van der Waals surface area contributed by atoms with Crippen molar-refractivity contribution in [3.05, 3.63) is 107 Å². The maximum Gasteiger partial charge on any atom is 0.283 e. The molecule has 0 saturated heterocycles. The Kier molecular flexibility index (Phi) is 5.17. The average molecular weight is 439 g/mol. The van der Waals surface area contributed by atoms with Gasteiger partial charge in [-0.25, -0.2) is 5.01 Å². The molecule has 0 saturated carbocycles. The molecule has 156 valence electrons. The first-order valence-electron chi connectivity index (χ1n) is 10.0. The fraction of sp³-hybridized carbons (Fsp3) is 0.0400. The molecule has 0 fully saturated rings. The van der Waals surface area contributed by atoms with Crippen LogP contribution in [0.25, 0.3) is 0 Å². The van der Waals surface area contributed by atoms with E-state index in [2.05, 4.69) is 10.2 Å². The van der Waals surface area contributed by atoms with Gasteiger partial charge in [-0.05, 0) is 43.0 Å². The van der Waals surface area contributed by atoms with Crippen LogP contribution in [0, 0.1) is 0 Å². The zero-order chi connectivity index (χ0) is 22.1. The normalized spacial score (nSPS) is 18.1. The highest BCUT2D eigenvalue weighted by Crippen LogP contribution is 2.40. The monoisotopic (exact) mass is 438 g/mol. The molecule has 2 aliphatic rings. The van der Waals surface area contributed by atoms with Crippen molar-refractivity contribution in [2.24, 2.45) is 10.2 Å². The lowest BCUT2D eigenvalue weighted by Crippen LogP contribution is -2.24. The van der Waals surface area contributed by atoms with Crippen LogP contribution >= 0.6 is 11.8 Å². The molecule has 5 rings (SSSR count). The number of carbonyl (C=O) groups is 2. The van der Waals surface area contributed by atoms with Gasteiger partial charge in [-0.1, -0.05) is 66.7 Å². The lowest BCUT2D eigenvalue weighted by molar-refractivity contribution is -0.114. The Bertz CT molecular complexity index is 1290. The molecule has 1 amide bonds. The van der Waals surface area contributed by atoms with Crippen LogP contribution in [0.3, 0.4) is 0 Å². The van der Waals surface area contributed by atoms with Crippen molar-refractivity contribution in [1.82, 2.24) is 0 Å². The zero-order valence-corrected chi connectivity index (χ0v) is 18.0. The Morgan fingerprint density at radius 3 is 1.88 bits per heavy atom. The van der Waals surface area contributed by atoms with E-state index in [1.54, 1.807) is 24.1 Å². The fourth-order valence-corrected chi connectivity index (χ4v) is 4.58. The van der Waals surface area contributed by atoms with Gasteiger partial charge in [0, 0.05) is 5.56 Å². The van der Waals surface area contributed by atoms with E-state index in [9.17, 15) is 9.59 Å². The number of amides is 1. The topological polar surface area (TPSA) is 65.3 Å². The lowest BCUT2D eigenvalue weighted by atomic mass is 10.1. The van der Waals surface area contributed by atoms with Gasteiger partial charge in [-0.15, -0.1) is 0 Å². The SMILES string of the molecule is CC1=NN(c2ccccc2)C(=O)C1=C1SC(C(=O)c2ccccc2)=NN1c1ccccc1. The largest absolute Gasteiger partial charge is 0.286 e. The summed E-state index contributed by atoms with van der Waals surface area (Å²) in [7, 11) is 0. The van der Waals surface area contributed by atoms with Gasteiger partial charge in [0.15, 0.2) is 5.04 Å². The first-order valence-corrected chi connectivity index (χ1v) is 10.9. The molecule has 0 aromatic heterocycles. The van der Waals surface area contributed by atoms with Gasteiger partial charge >= 0.3 is 0 Å². The predicted octanol–water partition coefficient (Wildman–Crippen LogP) is 5.07. The highest BCUT2D eigenvalue weighted by atomic mass is 32.2. The fourth-order valence-electron chi connectivity index (χ4n) is 3.49. The number of hydrogen-bond donors (Lipinski definition) is 0. The Balaban J connectivity index is 1.58. The van der Waals surface area contributed by atoms with Crippen LogP contribution in [0.2, 0.25) is 0 Å². The number of carbonyl (C=O) groups excluding carboxylic acids is 2. The molecule has 0 radical (unpaired) electrons. The van der Waals surface area contributed by atoms with Crippen molar-refractivity contribution in [2.45, 2.75) is 6.92 Å². The van der Waals surface area contributed by atoms with Gasteiger partial charge in [0.1, 0.15) is 5.03 Å². The molecular formula is C25H18N4O2S. The van der Waals surface area contributed by atoms with E-state index >= 15 is 0 Å². The molecule has 0 atom stereocenters. The van der Waals surface area contributed by atoms with Gasteiger partial charge in [0.2, 0.25) is 5.78 Å². The number of para-hydroxylation sites is 2. The second-order valence-electron chi connectivity index (χ2n) is 7.17. The summed E-state index contributed by atoms with van der Waals surface area (Å²) in [5.74, 6) is -0.437. The molecule has 0 spiro atoms. The minimum atomic E-state index is -0.249. The van der Waals surface area contributed by atoms with Crippen molar-refractivity contribution < 1.29 is 9.59 Å². The third kappa shape index (κ3) is 3.52. The first kappa shape index (κ1) is 20.0. The number of benzene rings is 3. The second-order valence-corrected chi connectivity index (χ2v) is 8.15. The Morgan fingerprint density at radius 2 is 1.28 bits per heavy atom. The maximum atomic E-state index is 13.4. The first-order chi connectivity index (χ1) is 15.6. The third-order valence-electron chi connectivity index (χ3n) is 5.04. The lowest BCUT2D eigenvalue weighted by Gasteiger charge is -2.17. The highest BCUT2D eigenvalue weighted by molar-refractivity contribution is 8.19. The highest BCUT2D eigenvalue weighted by Gasteiger charge is 2.38. The second kappa shape index (κ2) is 8.28. The molecule has 0 unspecified atom stereocenters. The van der Waals surface area contributed by atoms with Crippen LogP contribution in [-0.2, 0) is 4.79 Å². The number of Topliss-reactive ketones (excluding diaryl/α,β-unsaturated/α-hetero) is 1. The number of anilines is 2. The quantitative estimate of drug-likeness (QED) is 0.421. The summed E-state index contributed by atoms with van der Waals surface area (Å²) < 4.78 is 0. The summed E-state index contributed by atoms with van der Waals surface area (Å²) >= 11 is 1.20. The smallest absolute Gasteiger partial charge is 0.283 e. The van der Waals surface area contributed by atoms with E-state index < -0.39 is 0 Å². The van der Waals surface area contributed by atoms with Crippen molar-refractivity contribution >= 4 is 45.6 Å². The van der Waals surface area contributed by atoms with Gasteiger partial charge in [0.25, 0.3) is 5.91 Å². The number of rotatable bonds is 4. The molecule has 3 aromatic carbocycles. The molecule has 0 bridgehead atoms. The standard InChI is InChI=1S/C25H18N4O2S/c1-17-21(24(31)28(26-17)19-13-7-3-8-14-19)25-29(20-15-9-4-10-16-20)27-23(32-25)22(30)18-11-5-2-6-12-18/h2-16H,1H3. The summed E-state index contributed by atoms with van der Waals surface area (Å²) in [6.45, 7) is 1.80. The van der Waals surface area contributed by atoms with Crippen LogP contribution in [0.5, 0.6) is 0 Å². The van der Waals surface area contributed by atoms with Gasteiger partial charge < -0.3 is 0 Å². The van der Waals surface area contributed by atoms with Crippen molar-refractivity contribution in [1.29, 1.82) is 0 Å². The number of hydrogen-bond acceptors (Lipinski definition) is 6. The van der Waals surface area contributed by atoms with E-state index in [1.807, 2.05) is 78.9 Å². The number of nitrogens with zero attached hydrogens (tertiary/aromatic N) is 4. The molecule has 2 aliphatic heterocycles. The van der Waals surface area contributed by atoms with E-state index in [-0.39, 0.29) is 11.7 Å². The van der Waals surface area contributed by atoms with Gasteiger partial charge in [-0.2, -0.15) is 15.2 Å². The summed E-state index contributed by atoms with van der Waals surface area (Å²) in [5, 5.41) is 13.0. The molecule has 32 heavy (non-hydrogen) atoms. The summed E-state index contributed by atoms with van der Waals surface area (Å²) in [5.41, 5.74) is 3.00.